The average molecular weight is 249 g/mol. The van der Waals surface area contributed by atoms with Crippen LogP contribution in [0.2, 0.25) is 0 Å². The van der Waals surface area contributed by atoms with Gasteiger partial charge >= 0.3 is 0 Å². The molecule has 1 amide bonds. The summed E-state index contributed by atoms with van der Waals surface area (Å²) >= 11 is 0. The number of rotatable bonds is 3. The molecule has 0 aliphatic heterocycles. The number of amides is 1. The van der Waals surface area contributed by atoms with Crippen molar-refractivity contribution in [1.82, 2.24) is 10.1 Å². The first kappa shape index (κ1) is 11.5. The molecule has 4 N–H and O–H groups in total. The lowest BCUT2D eigenvalue weighted by molar-refractivity contribution is -0.384. The van der Waals surface area contributed by atoms with E-state index < -0.39 is 10.8 Å². The summed E-state index contributed by atoms with van der Waals surface area (Å²) in [5.74, 6) is -1.16. The smallest absolute Gasteiger partial charge is 0.290 e. The summed E-state index contributed by atoms with van der Waals surface area (Å²) in [4.78, 5) is 24.5. The molecule has 1 aromatic carbocycles. The van der Waals surface area contributed by atoms with Crippen LogP contribution in [0.4, 0.5) is 11.4 Å². The van der Waals surface area contributed by atoms with Crippen LogP contribution in [0.3, 0.4) is 0 Å². The van der Waals surface area contributed by atoms with Crippen molar-refractivity contribution in [3.63, 3.8) is 0 Å². The highest BCUT2D eigenvalue weighted by Crippen LogP contribution is 2.27. The topological polar surface area (TPSA) is 151 Å². The van der Waals surface area contributed by atoms with Crippen molar-refractivity contribution >= 4 is 17.3 Å². The zero-order valence-electron chi connectivity index (χ0n) is 8.86. The molecule has 1 heterocycles. The van der Waals surface area contributed by atoms with Gasteiger partial charge in [0.05, 0.1) is 16.2 Å². The maximum absolute atomic E-state index is 10.8. The summed E-state index contributed by atoms with van der Waals surface area (Å²) in [6.45, 7) is 0. The highest BCUT2D eigenvalue weighted by Gasteiger charge is 2.17. The van der Waals surface area contributed by atoms with Crippen molar-refractivity contribution in [3.8, 4) is 11.5 Å². The summed E-state index contributed by atoms with van der Waals surface area (Å²) in [5.41, 5.74) is 10.8. The van der Waals surface area contributed by atoms with E-state index in [1.165, 1.54) is 12.1 Å². The Kier molecular flexibility index (Phi) is 2.64. The standard InChI is InChI=1S/C9H7N5O4/c10-6-3-4(14(16)17)1-2-5(6)9-12-8(7(11)15)13-18-9/h1-3H,10H2,(H2,11,15). The van der Waals surface area contributed by atoms with Crippen LogP contribution in [0.15, 0.2) is 22.7 Å². The molecule has 1 aromatic heterocycles. The van der Waals surface area contributed by atoms with Crippen molar-refractivity contribution in [1.29, 1.82) is 0 Å². The van der Waals surface area contributed by atoms with Gasteiger partial charge in [-0.1, -0.05) is 5.16 Å². The second-order valence-corrected chi connectivity index (χ2v) is 3.32. The van der Waals surface area contributed by atoms with Crippen LogP contribution in [0.1, 0.15) is 10.6 Å². The lowest BCUT2D eigenvalue weighted by Gasteiger charge is -1.99. The van der Waals surface area contributed by atoms with Crippen LogP contribution in [0.5, 0.6) is 0 Å². The van der Waals surface area contributed by atoms with E-state index in [1.807, 2.05) is 0 Å². The van der Waals surface area contributed by atoms with Gasteiger partial charge in [0.1, 0.15) is 0 Å². The van der Waals surface area contributed by atoms with Gasteiger partial charge in [0, 0.05) is 12.1 Å². The van der Waals surface area contributed by atoms with E-state index in [1.54, 1.807) is 0 Å². The molecule has 0 aliphatic rings. The third-order valence-corrected chi connectivity index (χ3v) is 2.12. The number of nitrogen functional groups attached to an aromatic ring is 1. The molecule has 2 aromatic rings. The Balaban J connectivity index is 2.44. The number of carbonyl (C=O) groups is 1. The number of nitro benzene ring substituents is 1. The number of aromatic nitrogens is 2. The van der Waals surface area contributed by atoms with Gasteiger partial charge < -0.3 is 16.0 Å². The molecule has 9 heteroatoms. The van der Waals surface area contributed by atoms with E-state index in [2.05, 4.69) is 10.1 Å². The summed E-state index contributed by atoms with van der Waals surface area (Å²) < 4.78 is 4.78. The van der Waals surface area contributed by atoms with Crippen LogP contribution in [-0.4, -0.2) is 21.0 Å². The molecular weight excluding hydrogens is 242 g/mol. The number of hydrogen-bond acceptors (Lipinski definition) is 7. The normalized spacial score (nSPS) is 10.2. The van der Waals surface area contributed by atoms with Crippen molar-refractivity contribution in [2.24, 2.45) is 5.73 Å². The lowest BCUT2D eigenvalue weighted by Crippen LogP contribution is -2.12. The zero-order valence-corrected chi connectivity index (χ0v) is 8.86. The van der Waals surface area contributed by atoms with Gasteiger partial charge in [-0.2, -0.15) is 4.98 Å². The van der Waals surface area contributed by atoms with Crippen LogP contribution < -0.4 is 11.5 Å². The van der Waals surface area contributed by atoms with Crippen molar-refractivity contribution < 1.29 is 14.2 Å². The average Bonchev–Trinajstić information content (AvgIpc) is 2.78. The van der Waals surface area contributed by atoms with E-state index >= 15 is 0 Å². The Morgan fingerprint density at radius 1 is 1.44 bits per heavy atom. The third kappa shape index (κ3) is 1.96. The Morgan fingerprint density at radius 2 is 2.17 bits per heavy atom. The molecule has 18 heavy (non-hydrogen) atoms. The summed E-state index contributed by atoms with van der Waals surface area (Å²) in [6.07, 6.45) is 0. The van der Waals surface area contributed by atoms with Crippen LogP contribution in [-0.2, 0) is 0 Å². The van der Waals surface area contributed by atoms with Gasteiger partial charge in [0.2, 0.25) is 0 Å². The minimum atomic E-state index is -0.842. The van der Waals surface area contributed by atoms with Crippen molar-refractivity contribution in [3.05, 3.63) is 34.1 Å². The summed E-state index contributed by atoms with van der Waals surface area (Å²) in [7, 11) is 0. The summed E-state index contributed by atoms with van der Waals surface area (Å²) in [6, 6.07) is 3.75. The number of anilines is 1. The molecule has 2 rings (SSSR count). The number of benzene rings is 1. The van der Waals surface area contributed by atoms with E-state index in [9.17, 15) is 14.9 Å². The second kappa shape index (κ2) is 4.13. The van der Waals surface area contributed by atoms with Crippen LogP contribution in [0, 0.1) is 10.1 Å². The molecule has 0 atom stereocenters. The van der Waals surface area contributed by atoms with E-state index in [0.717, 1.165) is 6.07 Å². The molecule has 0 aliphatic carbocycles. The number of hydrogen-bond donors (Lipinski definition) is 2. The lowest BCUT2D eigenvalue weighted by atomic mass is 10.1. The third-order valence-electron chi connectivity index (χ3n) is 2.12. The van der Waals surface area contributed by atoms with E-state index in [0.29, 0.717) is 5.56 Å². The highest BCUT2D eigenvalue weighted by atomic mass is 16.6. The number of nitrogens with zero attached hydrogens (tertiary/aromatic N) is 3. The largest absolute Gasteiger partial charge is 0.398 e. The molecule has 9 nitrogen and oxygen atoms in total. The van der Waals surface area contributed by atoms with Crippen LogP contribution in [0.25, 0.3) is 11.5 Å². The molecule has 0 saturated heterocycles. The maximum atomic E-state index is 10.8. The minimum Gasteiger partial charge on any atom is -0.398 e. The fraction of sp³-hybridized carbons (Fsp3) is 0. The molecule has 0 saturated carbocycles. The molecule has 0 bridgehead atoms. The molecule has 92 valence electrons. The van der Waals surface area contributed by atoms with Gasteiger partial charge in [0.15, 0.2) is 0 Å². The Hall–Kier alpha value is -2.97. The molecule has 0 radical (unpaired) electrons. The van der Waals surface area contributed by atoms with Crippen molar-refractivity contribution in [2.45, 2.75) is 0 Å². The highest BCUT2D eigenvalue weighted by molar-refractivity contribution is 5.89. The number of nitrogens with two attached hydrogens (primary N) is 2. The number of primary amides is 1. The van der Waals surface area contributed by atoms with Crippen molar-refractivity contribution in [2.75, 3.05) is 5.73 Å². The first-order chi connectivity index (χ1) is 8.49. The quantitative estimate of drug-likeness (QED) is 0.451. The monoisotopic (exact) mass is 249 g/mol. The predicted molar refractivity (Wildman–Crippen MR) is 59.3 cm³/mol. The first-order valence-corrected chi connectivity index (χ1v) is 4.67. The maximum Gasteiger partial charge on any atom is 0.290 e. The van der Waals surface area contributed by atoms with E-state index in [-0.39, 0.29) is 23.1 Å². The minimum absolute atomic E-state index is 0.0313. The van der Waals surface area contributed by atoms with Gasteiger partial charge in [0.25, 0.3) is 23.3 Å². The van der Waals surface area contributed by atoms with Gasteiger partial charge in [-0.05, 0) is 6.07 Å². The molecule has 0 spiro atoms. The van der Waals surface area contributed by atoms with Gasteiger partial charge in [-0.25, -0.2) is 0 Å². The summed E-state index contributed by atoms with van der Waals surface area (Å²) in [5, 5.41) is 13.9. The van der Waals surface area contributed by atoms with E-state index in [4.69, 9.17) is 16.0 Å². The fourth-order valence-electron chi connectivity index (χ4n) is 1.29. The van der Waals surface area contributed by atoms with Gasteiger partial charge in [-0.15, -0.1) is 0 Å². The number of non-ortho nitro benzene ring substituents is 1. The first-order valence-electron chi connectivity index (χ1n) is 4.67. The Labute approximate surface area is 99.5 Å². The predicted octanol–water partition coefficient (Wildman–Crippen LogP) is 0.326. The fourth-order valence-corrected chi connectivity index (χ4v) is 1.29. The Morgan fingerprint density at radius 3 is 2.67 bits per heavy atom. The van der Waals surface area contributed by atoms with Crippen LogP contribution >= 0.6 is 0 Å². The molecule has 0 fully saturated rings. The van der Waals surface area contributed by atoms with Gasteiger partial charge in [-0.3, -0.25) is 14.9 Å². The number of nitro groups is 1. The Bertz CT molecular complexity index is 636. The molecular formula is C9H7N5O4. The zero-order chi connectivity index (χ0) is 13.3. The number of carbonyl (C=O) groups excluding carboxylic acids is 1. The second-order valence-electron chi connectivity index (χ2n) is 3.32. The SMILES string of the molecule is NC(=O)c1noc(-c2ccc([N+](=O)[O-])cc2N)n1. The molecule has 0 unspecified atom stereocenters.